The van der Waals surface area contributed by atoms with Crippen molar-refractivity contribution < 1.29 is 4.79 Å². The molecular formula is C23H28ClN5O2S. The molecule has 1 aliphatic heterocycles. The number of benzene rings is 1. The maximum atomic E-state index is 13.2. The molecule has 1 N–H and O–H groups in total. The summed E-state index contributed by atoms with van der Waals surface area (Å²) in [5.41, 5.74) is 1.10. The minimum absolute atomic E-state index is 0.0152. The number of aromatic nitrogens is 4. The van der Waals surface area contributed by atoms with Crippen LogP contribution in [0.2, 0.25) is 5.02 Å². The summed E-state index contributed by atoms with van der Waals surface area (Å²) in [5.74, 6) is 0.641. The number of nitrogens with zero attached hydrogens (tertiary/aromatic N) is 4. The van der Waals surface area contributed by atoms with Crippen molar-refractivity contribution in [2.24, 2.45) is 0 Å². The van der Waals surface area contributed by atoms with E-state index in [9.17, 15) is 9.59 Å². The maximum Gasteiger partial charge on any atom is 0.265 e. The van der Waals surface area contributed by atoms with Gasteiger partial charge in [-0.15, -0.1) is 0 Å². The molecule has 1 aliphatic rings. The molecule has 0 bridgehead atoms. The van der Waals surface area contributed by atoms with E-state index in [4.69, 9.17) is 16.6 Å². The zero-order valence-electron chi connectivity index (χ0n) is 18.2. The van der Waals surface area contributed by atoms with Gasteiger partial charge in [-0.1, -0.05) is 68.5 Å². The van der Waals surface area contributed by atoms with E-state index < -0.39 is 0 Å². The first kappa shape index (κ1) is 22.9. The largest absolute Gasteiger partial charge is 0.356 e. The predicted molar refractivity (Wildman–Crippen MR) is 129 cm³/mol. The van der Waals surface area contributed by atoms with Crippen LogP contribution < -0.4 is 10.9 Å². The number of carbonyl (C=O) groups is 1. The summed E-state index contributed by atoms with van der Waals surface area (Å²) in [6.45, 7) is 2.90. The quantitative estimate of drug-likeness (QED) is 0.339. The first-order valence-electron chi connectivity index (χ1n) is 11.2. The van der Waals surface area contributed by atoms with Crippen LogP contribution >= 0.6 is 23.4 Å². The number of carbonyl (C=O) groups excluding carboxylic acids is 1. The Morgan fingerprint density at radius 3 is 2.88 bits per heavy atom. The highest BCUT2D eigenvalue weighted by Gasteiger charge is 2.29. The molecule has 7 nitrogen and oxygen atoms in total. The second-order valence-electron chi connectivity index (χ2n) is 8.13. The SMILES string of the molecule is CCCCCCCCNC(=O)CC1CSc2nc3c(cnn3-c3cccc(Cl)c3)c(=O)n21. The summed E-state index contributed by atoms with van der Waals surface area (Å²) in [7, 11) is 0. The molecule has 2 aromatic heterocycles. The second-order valence-corrected chi connectivity index (χ2v) is 9.55. The van der Waals surface area contributed by atoms with Crippen LogP contribution in [0.15, 0.2) is 40.4 Å². The lowest BCUT2D eigenvalue weighted by molar-refractivity contribution is -0.121. The van der Waals surface area contributed by atoms with Gasteiger partial charge in [0.2, 0.25) is 5.91 Å². The molecule has 1 aromatic carbocycles. The van der Waals surface area contributed by atoms with Gasteiger partial charge in [0.25, 0.3) is 5.56 Å². The minimum atomic E-state index is -0.196. The Bertz CT molecular complexity index is 1160. The fourth-order valence-electron chi connectivity index (χ4n) is 4.00. The first-order valence-corrected chi connectivity index (χ1v) is 12.6. The van der Waals surface area contributed by atoms with Gasteiger partial charge >= 0.3 is 0 Å². The summed E-state index contributed by atoms with van der Waals surface area (Å²) in [5, 5.41) is 9.02. The van der Waals surface area contributed by atoms with Crippen LogP contribution in [0.4, 0.5) is 0 Å². The summed E-state index contributed by atoms with van der Waals surface area (Å²) < 4.78 is 3.28. The van der Waals surface area contributed by atoms with Gasteiger partial charge in [-0.25, -0.2) is 9.67 Å². The van der Waals surface area contributed by atoms with E-state index >= 15 is 0 Å². The van der Waals surface area contributed by atoms with E-state index in [0.29, 0.717) is 33.5 Å². The highest BCUT2D eigenvalue weighted by Crippen LogP contribution is 2.33. The maximum absolute atomic E-state index is 13.2. The Morgan fingerprint density at radius 2 is 2.06 bits per heavy atom. The monoisotopic (exact) mass is 473 g/mol. The van der Waals surface area contributed by atoms with Gasteiger partial charge in [0.1, 0.15) is 5.39 Å². The van der Waals surface area contributed by atoms with Crippen LogP contribution in [0.3, 0.4) is 0 Å². The second kappa shape index (κ2) is 10.5. The molecular weight excluding hydrogens is 446 g/mol. The molecule has 1 atom stereocenters. The molecule has 0 fully saturated rings. The Morgan fingerprint density at radius 1 is 1.25 bits per heavy atom. The van der Waals surface area contributed by atoms with Crippen molar-refractivity contribution in [1.82, 2.24) is 24.6 Å². The number of hydrogen-bond donors (Lipinski definition) is 1. The first-order chi connectivity index (χ1) is 15.6. The molecule has 1 amide bonds. The van der Waals surface area contributed by atoms with E-state index in [2.05, 4.69) is 17.3 Å². The van der Waals surface area contributed by atoms with E-state index in [1.165, 1.54) is 43.6 Å². The van der Waals surface area contributed by atoms with E-state index in [-0.39, 0.29) is 23.9 Å². The zero-order valence-corrected chi connectivity index (χ0v) is 19.8. The number of halogens is 1. The third kappa shape index (κ3) is 5.02. The summed E-state index contributed by atoms with van der Waals surface area (Å²) in [4.78, 5) is 30.4. The highest BCUT2D eigenvalue weighted by atomic mass is 35.5. The fourth-order valence-corrected chi connectivity index (χ4v) is 5.31. The van der Waals surface area contributed by atoms with Crippen LogP contribution in [-0.2, 0) is 4.79 Å². The molecule has 0 spiro atoms. The van der Waals surface area contributed by atoms with Crippen molar-refractivity contribution >= 4 is 40.3 Å². The molecule has 3 heterocycles. The van der Waals surface area contributed by atoms with Crippen LogP contribution in [0.5, 0.6) is 0 Å². The van der Waals surface area contributed by atoms with E-state index in [1.807, 2.05) is 12.1 Å². The van der Waals surface area contributed by atoms with E-state index in [0.717, 1.165) is 18.5 Å². The standard InChI is InChI=1S/C23H28ClN5O2S/c1-2-3-4-5-6-7-11-25-20(30)13-18-15-32-23-27-21-19(22(31)28(18)23)14-26-29(21)17-10-8-9-16(24)12-17/h8-10,12,14,18H,2-7,11,13,15H2,1H3,(H,25,30). The molecule has 9 heteroatoms. The summed E-state index contributed by atoms with van der Waals surface area (Å²) in [6.07, 6.45) is 8.95. The molecule has 0 saturated carbocycles. The number of fused-ring (bicyclic) bond motifs is 2. The number of nitrogens with one attached hydrogen (secondary N) is 1. The predicted octanol–water partition coefficient (Wildman–Crippen LogP) is 4.75. The van der Waals surface area contributed by atoms with Gasteiger partial charge in [0, 0.05) is 23.7 Å². The zero-order chi connectivity index (χ0) is 22.5. The average Bonchev–Trinajstić information content (AvgIpc) is 3.38. The van der Waals surface area contributed by atoms with Crippen LogP contribution in [0, 0.1) is 0 Å². The Balaban J connectivity index is 1.43. The van der Waals surface area contributed by atoms with Crippen molar-refractivity contribution in [3.8, 4) is 5.69 Å². The Hall–Kier alpha value is -2.32. The fraction of sp³-hybridized carbons (Fsp3) is 0.478. The summed E-state index contributed by atoms with van der Waals surface area (Å²) in [6, 6.07) is 7.08. The lowest BCUT2D eigenvalue weighted by atomic mass is 10.1. The molecule has 170 valence electrons. The van der Waals surface area contributed by atoms with Crippen molar-refractivity contribution in [2.45, 2.75) is 63.1 Å². The van der Waals surface area contributed by atoms with Crippen LogP contribution in [-0.4, -0.2) is 37.5 Å². The summed E-state index contributed by atoms with van der Waals surface area (Å²) >= 11 is 7.61. The van der Waals surface area contributed by atoms with Gasteiger partial charge in [0.05, 0.1) is 17.9 Å². The number of rotatable bonds is 10. The lowest BCUT2D eigenvalue weighted by Gasteiger charge is -2.13. The Kier molecular flexibility index (Phi) is 7.52. The van der Waals surface area contributed by atoms with Gasteiger partial charge < -0.3 is 5.32 Å². The van der Waals surface area contributed by atoms with Crippen molar-refractivity contribution in [1.29, 1.82) is 0 Å². The molecule has 4 rings (SSSR count). The topological polar surface area (TPSA) is 81.8 Å². The smallest absolute Gasteiger partial charge is 0.265 e. The van der Waals surface area contributed by atoms with Gasteiger partial charge in [0.15, 0.2) is 10.8 Å². The highest BCUT2D eigenvalue weighted by molar-refractivity contribution is 7.99. The molecule has 3 aromatic rings. The van der Waals surface area contributed by atoms with Gasteiger partial charge in [-0.3, -0.25) is 14.2 Å². The minimum Gasteiger partial charge on any atom is -0.356 e. The Labute approximate surface area is 196 Å². The molecule has 0 saturated heterocycles. The molecule has 32 heavy (non-hydrogen) atoms. The number of unbranched alkanes of at least 4 members (excludes halogenated alkanes) is 5. The van der Waals surface area contributed by atoms with Crippen molar-refractivity contribution in [3.05, 3.63) is 45.8 Å². The van der Waals surface area contributed by atoms with E-state index in [1.54, 1.807) is 21.4 Å². The number of amides is 1. The normalized spacial score (nSPS) is 15.2. The molecule has 0 radical (unpaired) electrons. The number of hydrogen-bond acceptors (Lipinski definition) is 5. The van der Waals surface area contributed by atoms with Gasteiger partial charge in [-0.2, -0.15) is 5.10 Å². The van der Waals surface area contributed by atoms with Crippen molar-refractivity contribution in [2.75, 3.05) is 12.3 Å². The third-order valence-electron chi connectivity index (χ3n) is 5.70. The molecule has 1 unspecified atom stereocenters. The average molecular weight is 474 g/mol. The van der Waals surface area contributed by atoms with Crippen molar-refractivity contribution in [3.63, 3.8) is 0 Å². The third-order valence-corrected chi connectivity index (χ3v) is 7.03. The number of thioether (sulfide) groups is 1. The lowest BCUT2D eigenvalue weighted by Crippen LogP contribution is -2.31. The van der Waals surface area contributed by atoms with Crippen LogP contribution in [0.1, 0.15) is 57.9 Å². The van der Waals surface area contributed by atoms with Crippen LogP contribution in [0.25, 0.3) is 16.7 Å². The van der Waals surface area contributed by atoms with Gasteiger partial charge in [-0.05, 0) is 24.6 Å². The molecule has 0 aliphatic carbocycles.